The van der Waals surface area contributed by atoms with Crippen LogP contribution in [0.4, 0.5) is 5.69 Å². The highest BCUT2D eigenvalue weighted by Crippen LogP contribution is 2.34. The van der Waals surface area contributed by atoms with Crippen molar-refractivity contribution in [1.29, 1.82) is 0 Å². The molecule has 12 heteroatoms. The molecule has 2 amide bonds. The highest BCUT2D eigenvalue weighted by Gasteiger charge is 2.36. The summed E-state index contributed by atoms with van der Waals surface area (Å²) in [7, 11) is -4.32. The smallest absolute Gasteiger partial charge is 0.264 e. The number of nitrogens with one attached hydrogen (secondary N) is 1. The van der Waals surface area contributed by atoms with Gasteiger partial charge in [0, 0.05) is 40.0 Å². The van der Waals surface area contributed by atoms with E-state index in [0.717, 1.165) is 14.8 Å². The molecule has 0 radical (unpaired) electrons. The zero-order chi connectivity index (χ0) is 35.6. The lowest BCUT2D eigenvalue weighted by Gasteiger charge is -2.34. The van der Waals surface area contributed by atoms with Crippen molar-refractivity contribution in [3.63, 3.8) is 0 Å². The Kier molecular flexibility index (Phi) is 13.8. The predicted molar refractivity (Wildman–Crippen MR) is 199 cm³/mol. The lowest BCUT2D eigenvalue weighted by molar-refractivity contribution is -0.140. The zero-order valence-corrected chi connectivity index (χ0v) is 31.1. The van der Waals surface area contributed by atoms with E-state index in [1.165, 1.54) is 28.8 Å². The molecule has 0 aliphatic carbocycles. The third-order valence-electron chi connectivity index (χ3n) is 7.71. The first-order valence-electron chi connectivity index (χ1n) is 15.9. The summed E-state index contributed by atoms with van der Waals surface area (Å²) >= 11 is 14.7. The average Bonchev–Trinajstić information content (AvgIpc) is 3.09. The number of amides is 2. The summed E-state index contributed by atoms with van der Waals surface area (Å²) in [4.78, 5) is 31.1. The number of rotatable bonds is 16. The van der Waals surface area contributed by atoms with Crippen molar-refractivity contribution in [1.82, 2.24) is 10.2 Å². The Hall–Kier alpha value is -3.70. The number of sulfonamides is 1. The van der Waals surface area contributed by atoms with Crippen molar-refractivity contribution in [3.8, 4) is 5.75 Å². The molecule has 4 aromatic rings. The van der Waals surface area contributed by atoms with Gasteiger partial charge < -0.3 is 15.0 Å². The number of benzene rings is 4. The van der Waals surface area contributed by atoms with Gasteiger partial charge in [0.15, 0.2) is 0 Å². The van der Waals surface area contributed by atoms with Gasteiger partial charge in [-0.2, -0.15) is 0 Å². The third-order valence-corrected chi connectivity index (χ3v) is 10.9. The minimum Gasteiger partial charge on any atom is -0.492 e. The molecule has 4 aromatic carbocycles. The van der Waals surface area contributed by atoms with Crippen molar-refractivity contribution < 1.29 is 22.7 Å². The first-order valence-corrected chi connectivity index (χ1v) is 19.3. The Morgan fingerprint density at radius 3 is 2.12 bits per heavy atom. The minimum absolute atomic E-state index is 0.000566. The van der Waals surface area contributed by atoms with Crippen LogP contribution in [-0.4, -0.2) is 57.1 Å². The second-order valence-electron chi connectivity index (χ2n) is 11.7. The molecule has 0 spiro atoms. The van der Waals surface area contributed by atoms with Gasteiger partial charge in [-0.05, 0) is 73.2 Å². The van der Waals surface area contributed by atoms with E-state index in [9.17, 15) is 18.0 Å². The monoisotopic (exact) mass is 741 g/mol. The number of halogens is 2. The maximum atomic E-state index is 14.8. The molecular formula is C37H41Cl2N3O5S2. The van der Waals surface area contributed by atoms with Gasteiger partial charge in [0.25, 0.3) is 10.0 Å². The molecule has 1 N–H and O–H groups in total. The molecule has 0 heterocycles. The number of thioether (sulfide) groups is 1. The molecule has 0 saturated carbocycles. The Bertz CT molecular complexity index is 1800. The van der Waals surface area contributed by atoms with Crippen LogP contribution < -0.4 is 14.4 Å². The third kappa shape index (κ3) is 9.94. The van der Waals surface area contributed by atoms with Gasteiger partial charge in [0.1, 0.15) is 18.3 Å². The van der Waals surface area contributed by atoms with Crippen LogP contribution in [0.15, 0.2) is 107 Å². The fourth-order valence-corrected chi connectivity index (χ4v) is 7.51. The molecule has 0 aliphatic rings. The molecule has 8 nitrogen and oxygen atoms in total. The van der Waals surface area contributed by atoms with E-state index in [-0.39, 0.29) is 42.0 Å². The second kappa shape index (κ2) is 17.8. The van der Waals surface area contributed by atoms with Crippen LogP contribution in [0.1, 0.15) is 31.9 Å². The summed E-state index contributed by atoms with van der Waals surface area (Å²) in [5.41, 5.74) is 1.44. The maximum Gasteiger partial charge on any atom is 0.264 e. The molecule has 0 fully saturated rings. The van der Waals surface area contributed by atoms with E-state index in [2.05, 4.69) is 5.32 Å². The SMILES string of the molecule is CCOc1ccccc1N(CC(=O)N(Cc1c(Cl)cccc1Cl)[C@H](Cc1ccccc1)C(=O)NCC(C)C)S(=O)(=O)c1ccc(SC)cc1. The van der Waals surface area contributed by atoms with Gasteiger partial charge >= 0.3 is 0 Å². The molecule has 0 unspecified atom stereocenters. The van der Waals surface area contributed by atoms with E-state index < -0.39 is 28.5 Å². The summed E-state index contributed by atoms with van der Waals surface area (Å²) in [5.74, 6) is -0.576. The van der Waals surface area contributed by atoms with Crippen molar-refractivity contribution >= 4 is 62.5 Å². The molecule has 0 saturated heterocycles. The number of carbonyl (C=O) groups excluding carboxylic acids is 2. The number of hydrogen-bond acceptors (Lipinski definition) is 6. The normalized spacial score (nSPS) is 12.0. The van der Waals surface area contributed by atoms with Crippen LogP contribution in [0.3, 0.4) is 0 Å². The van der Waals surface area contributed by atoms with Crippen molar-refractivity contribution in [2.75, 3.05) is 30.3 Å². The molecule has 0 aliphatic heterocycles. The molecule has 4 rings (SSSR count). The highest BCUT2D eigenvalue weighted by atomic mass is 35.5. The van der Waals surface area contributed by atoms with Gasteiger partial charge in [-0.25, -0.2) is 8.42 Å². The Balaban J connectivity index is 1.87. The summed E-state index contributed by atoms with van der Waals surface area (Å²) in [6, 6.07) is 26.4. The standard InChI is InChI=1S/C37H41Cl2N3O5S2/c1-5-47-35-17-10-9-16-33(35)42(49(45,46)29-20-18-28(48-4)19-21-29)25-36(43)41(24-30-31(38)14-11-15-32(30)39)34(37(44)40-23-26(2)3)22-27-12-7-6-8-13-27/h6-21,26,34H,5,22-25H2,1-4H3,(H,40,44)/t34-/m1/s1. The largest absolute Gasteiger partial charge is 0.492 e. The summed E-state index contributed by atoms with van der Waals surface area (Å²) < 4.78 is 35.8. The fraction of sp³-hybridized carbons (Fsp3) is 0.297. The highest BCUT2D eigenvalue weighted by molar-refractivity contribution is 7.98. The van der Waals surface area contributed by atoms with Gasteiger partial charge in [-0.3, -0.25) is 13.9 Å². The average molecular weight is 743 g/mol. The van der Waals surface area contributed by atoms with Crippen LogP contribution in [0.2, 0.25) is 10.0 Å². The molecule has 260 valence electrons. The molecule has 0 bridgehead atoms. The predicted octanol–water partition coefficient (Wildman–Crippen LogP) is 7.72. The summed E-state index contributed by atoms with van der Waals surface area (Å²) in [6.45, 7) is 5.61. The van der Waals surface area contributed by atoms with Gasteiger partial charge in [-0.1, -0.05) is 85.6 Å². The van der Waals surface area contributed by atoms with Crippen LogP contribution in [0, 0.1) is 5.92 Å². The molecule has 0 aromatic heterocycles. The lowest BCUT2D eigenvalue weighted by atomic mass is 10.0. The zero-order valence-electron chi connectivity index (χ0n) is 27.9. The van der Waals surface area contributed by atoms with E-state index in [4.69, 9.17) is 27.9 Å². The van der Waals surface area contributed by atoms with Crippen molar-refractivity contribution in [2.45, 2.75) is 49.6 Å². The number of ether oxygens (including phenoxy) is 1. The van der Waals surface area contributed by atoms with Crippen molar-refractivity contribution in [3.05, 3.63) is 118 Å². The van der Waals surface area contributed by atoms with Crippen molar-refractivity contribution in [2.24, 2.45) is 5.92 Å². The topological polar surface area (TPSA) is 96.0 Å². The number of hydrogen-bond donors (Lipinski definition) is 1. The molecule has 1 atom stereocenters. The van der Waals surface area contributed by atoms with Gasteiger partial charge in [0.2, 0.25) is 11.8 Å². The van der Waals surface area contributed by atoms with Crippen LogP contribution in [-0.2, 0) is 32.6 Å². The molecule has 49 heavy (non-hydrogen) atoms. The van der Waals surface area contributed by atoms with Gasteiger partial charge in [-0.15, -0.1) is 11.8 Å². The van der Waals surface area contributed by atoms with E-state index in [1.807, 2.05) is 50.4 Å². The number of para-hydroxylation sites is 2. The Labute approximate surface area is 303 Å². The summed E-state index contributed by atoms with van der Waals surface area (Å²) in [5, 5.41) is 3.60. The number of nitrogens with zero attached hydrogens (tertiary/aromatic N) is 2. The Morgan fingerprint density at radius 2 is 1.51 bits per heavy atom. The lowest BCUT2D eigenvalue weighted by Crippen LogP contribution is -2.53. The molecular weight excluding hydrogens is 701 g/mol. The van der Waals surface area contributed by atoms with Crippen LogP contribution >= 0.6 is 35.0 Å². The van der Waals surface area contributed by atoms with E-state index in [1.54, 1.807) is 61.5 Å². The minimum atomic E-state index is -4.32. The Morgan fingerprint density at radius 1 is 0.878 bits per heavy atom. The first-order chi connectivity index (χ1) is 23.5. The van der Waals surface area contributed by atoms with Gasteiger partial charge in [0.05, 0.1) is 17.2 Å². The maximum absolute atomic E-state index is 14.8. The quantitative estimate of drug-likeness (QED) is 0.118. The van der Waals surface area contributed by atoms with Crippen LogP contribution in [0.5, 0.6) is 5.75 Å². The number of anilines is 1. The first kappa shape index (κ1) is 38.1. The fourth-order valence-electron chi connectivity index (χ4n) is 5.16. The van der Waals surface area contributed by atoms with Crippen LogP contribution in [0.25, 0.3) is 0 Å². The summed E-state index contributed by atoms with van der Waals surface area (Å²) in [6.07, 6.45) is 2.06. The number of carbonyl (C=O) groups is 2. The van der Waals surface area contributed by atoms with E-state index in [0.29, 0.717) is 27.9 Å². The second-order valence-corrected chi connectivity index (χ2v) is 15.2. The van der Waals surface area contributed by atoms with E-state index >= 15 is 0 Å².